The van der Waals surface area contributed by atoms with E-state index in [1.54, 1.807) is 6.07 Å². The van der Waals surface area contributed by atoms with Gasteiger partial charge in [-0.05, 0) is 48.6 Å². The summed E-state index contributed by atoms with van der Waals surface area (Å²) in [6.45, 7) is 4.84. The van der Waals surface area contributed by atoms with Crippen LogP contribution in [0, 0.1) is 0 Å². The monoisotopic (exact) mass is 256 g/mol. The molecule has 2 aromatic rings. The molecule has 2 nitrogen and oxygen atoms in total. The second-order valence-electron chi connectivity index (χ2n) is 4.74. The van der Waals surface area contributed by atoms with Gasteiger partial charge < -0.3 is 9.84 Å². The average Bonchev–Trinajstić information content (AvgIpc) is 2.41. The molecule has 0 radical (unpaired) electrons. The minimum Gasteiger partial charge on any atom is -0.508 e. The molecule has 0 amide bonds. The maximum absolute atomic E-state index is 9.54. The second kappa shape index (κ2) is 6.28. The molecule has 2 rings (SSSR count). The van der Waals surface area contributed by atoms with Crippen molar-refractivity contribution in [1.29, 1.82) is 0 Å². The fourth-order valence-electron chi connectivity index (χ4n) is 2.25. The lowest BCUT2D eigenvalue weighted by Gasteiger charge is -2.15. The van der Waals surface area contributed by atoms with E-state index in [4.69, 9.17) is 4.74 Å². The molecular formula is C17H20O2. The lowest BCUT2D eigenvalue weighted by Crippen LogP contribution is -2.02. The van der Waals surface area contributed by atoms with Gasteiger partial charge >= 0.3 is 0 Å². The molecule has 0 aromatic heterocycles. The van der Waals surface area contributed by atoms with Crippen molar-refractivity contribution in [3.05, 3.63) is 59.7 Å². The van der Waals surface area contributed by atoms with Crippen LogP contribution in [0.4, 0.5) is 0 Å². The van der Waals surface area contributed by atoms with Crippen molar-refractivity contribution in [3.63, 3.8) is 0 Å². The number of aromatic hydroxyl groups is 1. The summed E-state index contributed by atoms with van der Waals surface area (Å²) in [4.78, 5) is 0. The van der Waals surface area contributed by atoms with E-state index in [-0.39, 0.29) is 0 Å². The van der Waals surface area contributed by atoms with Crippen LogP contribution in [-0.4, -0.2) is 11.7 Å². The van der Waals surface area contributed by atoms with E-state index in [0.717, 1.165) is 17.7 Å². The molecule has 0 saturated carbocycles. The van der Waals surface area contributed by atoms with Crippen molar-refractivity contribution in [2.75, 3.05) is 6.61 Å². The molecular weight excluding hydrogens is 236 g/mol. The predicted molar refractivity (Wildman–Crippen MR) is 77.8 cm³/mol. The Hall–Kier alpha value is -1.96. The van der Waals surface area contributed by atoms with Crippen LogP contribution in [0.2, 0.25) is 0 Å². The van der Waals surface area contributed by atoms with Crippen molar-refractivity contribution in [1.82, 2.24) is 0 Å². The maximum Gasteiger partial charge on any atom is 0.122 e. The standard InChI is InChI=1S/C17H20O2/c1-3-19-17-10-5-4-7-15(17)11-13(2)14-8-6-9-16(18)12-14/h4-10,12-13,18H,3,11H2,1-2H3. The van der Waals surface area contributed by atoms with Gasteiger partial charge in [-0.25, -0.2) is 0 Å². The SMILES string of the molecule is CCOc1ccccc1CC(C)c1cccc(O)c1. The van der Waals surface area contributed by atoms with Gasteiger partial charge in [0, 0.05) is 0 Å². The summed E-state index contributed by atoms with van der Waals surface area (Å²) in [5.74, 6) is 1.62. The fraction of sp³-hybridized carbons (Fsp3) is 0.294. The number of benzene rings is 2. The minimum absolute atomic E-state index is 0.322. The largest absolute Gasteiger partial charge is 0.508 e. The van der Waals surface area contributed by atoms with E-state index in [2.05, 4.69) is 13.0 Å². The van der Waals surface area contributed by atoms with Gasteiger partial charge in [0.2, 0.25) is 0 Å². The Morgan fingerprint density at radius 1 is 1.11 bits per heavy atom. The Balaban J connectivity index is 2.16. The molecule has 2 aromatic carbocycles. The van der Waals surface area contributed by atoms with Gasteiger partial charge in [0.15, 0.2) is 0 Å². The second-order valence-corrected chi connectivity index (χ2v) is 4.74. The topological polar surface area (TPSA) is 29.5 Å². The summed E-state index contributed by atoms with van der Waals surface area (Å²) < 4.78 is 5.65. The number of para-hydroxylation sites is 1. The first-order chi connectivity index (χ1) is 9.20. The molecule has 0 heterocycles. The van der Waals surface area contributed by atoms with Crippen LogP contribution < -0.4 is 4.74 Å². The van der Waals surface area contributed by atoms with Gasteiger partial charge in [0.25, 0.3) is 0 Å². The molecule has 0 aliphatic rings. The smallest absolute Gasteiger partial charge is 0.122 e. The van der Waals surface area contributed by atoms with Gasteiger partial charge in [0.1, 0.15) is 11.5 Å². The predicted octanol–water partition coefficient (Wildman–Crippen LogP) is 4.14. The molecule has 19 heavy (non-hydrogen) atoms. The van der Waals surface area contributed by atoms with Gasteiger partial charge in [-0.15, -0.1) is 0 Å². The zero-order chi connectivity index (χ0) is 13.7. The average molecular weight is 256 g/mol. The summed E-state index contributed by atoms with van der Waals surface area (Å²) in [6, 6.07) is 15.6. The van der Waals surface area contributed by atoms with E-state index in [9.17, 15) is 5.11 Å². The van der Waals surface area contributed by atoms with Crippen molar-refractivity contribution in [2.45, 2.75) is 26.2 Å². The number of rotatable bonds is 5. The lowest BCUT2D eigenvalue weighted by atomic mass is 9.93. The van der Waals surface area contributed by atoms with Crippen molar-refractivity contribution >= 4 is 0 Å². The highest BCUT2D eigenvalue weighted by molar-refractivity contribution is 5.36. The first kappa shape index (κ1) is 13.5. The number of hydrogen-bond acceptors (Lipinski definition) is 2. The number of phenolic OH excluding ortho intramolecular Hbond substituents is 1. The van der Waals surface area contributed by atoms with Crippen molar-refractivity contribution in [2.24, 2.45) is 0 Å². The van der Waals surface area contributed by atoms with Crippen LogP contribution in [0.15, 0.2) is 48.5 Å². The number of hydrogen-bond donors (Lipinski definition) is 1. The molecule has 0 bridgehead atoms. The van der Waals surface area contributed by atoms with Crippen molar-refractivity contribution in [3.8, 4) is 11.5 Å². The summed E-state index contributed by atoms with van der Waals surface area (Å²) in [6.07, 6.45) is 0.902. The van der Waals surface area contributed by atoms with E-state index >= 15 is 0 Å². The number of phenols is 1. The maximum atomic E-state index is 9.54. The van der Waals surface area contributed by atoms with Gasteiger partial charge in [-0.1, -0.05) is 37.3 Å². The summed E-state index contributed by atoms with van der Waals surface area (Å²) in [5.41, 5.74) is 2.35. The third-order valence-electron chi connectivity index (χ3n) is 3.24. The van der Waals surface area contributed by atoms with Gasteiger partial charge in [0.05, 0.1) is 6.61 Å². The van der Waals surface area contributed by atoms with Crippen LogP contribution in [0.1, 0.15) is 30.9 Å². The van der Waals surface area contributed by atoms with Gasteiger partial charge in [-0.3, -0.25) is 0 Å². The Labute approximate surface area is 114 Å². The molecule has 2 heteroatoms. The molecule has 0 aliphatic heterocycles. The number of ether oxygens (including phenoxy) is 1. The van der Waals surface area contributed by atoms with E-state index in [1.165, 1.54) is 5.56 Å². The molecule has 0 saturated heterocycles. The Kier molecular flexibility index (Phi) is 4.45. The minimum atomic E-state index is 0.322. The van der Waals surface area contributed by atoms with Crippen LogP contribution >= 0.6 is 0 Å². The molecule has 0 aliphatic carbocycles. The third-order valence-corrected chi connectivity index (χ3v) is 3.24. The van der Waals surface area contributed by atoms with E-state index in [0.29, 0.717) is 18.3 Å². The van der Waals surface area contributed by atoms with E-state index in [1.807, 2.05) is 43.3 Å². The first-order valence-corrected chi connectivity index (χ1v) is 6.70. The molecule has 100 valence electrons. The van der Waals surface area contributed by atoms with Crippen LogP contribution in [0.5, 0.6) is 11.5 Å². The zero-order valence-corrected chi connectivity index (χ0v) is 11.5. The molecule has 1 unspecified atom stereocenters. The zero-order valence-electron chi connectivity index (χ0n) is 11.5. The van der Waals surface area contributed by atoms with E-state index < -0.39 is 0 Å². The molecule has 1 atom stereocenters. The Morgan fingerprint density at radius 2 is 1.89 bits per heavy atom. The summed E-state index contributed by atoms with van der Waals surface area (Å²) >= 11 is 0. The fourth-order valence-corrected chi connectivity index (χ4v) is 2.25. The Bertz CT molecular complexity index is 534. The summed E-state index contributed by atoms with van der Waals surface area (Å²) in [7, 11) is 0. The summed E-state index contributed by atoms with van der Waals surface area (Å²) in [5, 5.41) is 9.54. The highest BCUT2D eigenvalue weighted by atomic mass is 16.5. The Morgan fingerprint density at radius 3 is 2.63 bits per heavy atom. The molecule has 0 spiro atoms. The highest BCUT2D eigenvalue weighted by Gasteiger charge is 2.10. The van der Waals surface area contributed by atoms with Crippen molar-refractivity contribution < 1.29 is 9.84 Å². The lowest BCUT2D eigenvalue weighted by molar-refractivity contribution is 0.336. The highest BCUT2D eigenvalue weighted by Crippen LogP contribution is 2.27. The van der Waals surface area contributed by atoms with Crippen LogP contribution in [-0.2, 0) is 6.42 Å². The van der Waals surface area contributed by atoms with Crippen LogP contribution in [0.25, 0.3) is 0 Å². The quantitative estimate of drug-likeness (QED) is 0.871. The third kappa shape index (κ3) is 3.50. The normalized spacial score (nSPS) is 12.1. The van der Waals surface area contributed by atoms with Gasteiger partial charge in [-0.2, -0.15) is 0 Å². The molecule has 0 fully saturated rings. The first-order valence-electron chi connectivity index (χ1n) is 6.70. The molecule has 1 N–H and O–H groups in total. The van der Waals surface area contributed by atoms with Crippen LogP contribution in [0.3, 0.4) is 0 Å².